The molecule has 2 rings (SSSR count). The predicted octanol–water partition coefficient (Wildman–Crippen LogP) is 1.43. The van der Waals surface area contributed by atoms with Crippen molar-refractivity contribution in [1.82, 2.24) is 0 Å². The zero-order valence-electron chi connectivity index (χ0n) is 9.06. The van der Waals surface area contributed by atoms with Gasteiger partial charge in [0.2, 0.25) is 12.0 Å². The predicted molar refractivity (Wildman–Crippen MR) is 60.0 cm³/mol. The Kier molecular flexibility index (Phi) is 2.84. The first-order chi connectivity index (χ1) is 7.74. The minimum atomic E-state index is 0.0507. The molecule has 0 N–H and O–H groups in total. The van der Waals surface area contributed by atoms with Gasteiger partial charge in [-0.05, 0) is 23.6 Å². The topological polar surface area (TPSA) is 49.7 Å². The first-order valence-corrected chi connectivity index (χ1v) is 5.16. The number of nitrogens with zero attached hydrogens (tertiary/aromatic N) is 2. The monoisotopic (exact) mass is 216 g/mol. The van der Waals surface area contributed by atoms with Gasteiger partial charge in [-0.1, -0.05) is 12.1 Å². The maximum Gasteiger partial charge on any atom is 0.235 e. The quantitative estimate of drug-likeness (QED) is 0.554. The van der Waals surface area contributed by atoms with E-state index in [0.717, 1.165) is 23.2 Å². The maximum absolute atomic E-state index is 11.4. The summed E-state index contributed by atoms with van der Waals surface area (Å²) in [6.07, 6.45) is 2.37. The van der Waals surface area contributed by atoms with Gasteiger partial charge in [-0.3, -0.25) is 4.79 Å². The lowest BCUT2D eigenvalue weighted by Crippen LogP contribution is -2.25. The minimum Gasteiger partial charge on any atom is -0.312 e. The van der Waals surface area contributed by atoms with E-state index >= 15 is 0 Å². The number of hydrogen-bond donors (Lipinski definition) is 0. The van der Waals surface area contributed by atoms with Crippen LogP contribution in [-0.4, -0.2) is 18.5 Å². The Labute approximate surface area is 93.6 Å². The van der Waals surface area contributed by atoms with Crippen molar-refractivity contribution in [2.24, 2.45) is 4.99 Å². The number of carbonyl (C=O) groups excluding carboxylic acids is 2. The highest BCUT2D eigenvalue weighted by molar-refractivity contribution is 5.94. The van der Waals surface area contributed by atoms with Gasteiger partial charge in [-0.2, -0.15) is 0 Å². The van der Waals surface area contributed by atoms with Crippen LogP contribution in [0.1, 0.15) is 18.1 Å². The van der Waals surface area contributed by atoms with Crippen molar-refractivity contribution in [3.05, 3.63) is 29.3 Å². The van der Waals surface area contributed by atoms with Crippen LogP contribution in [0, 0.1) is 0 Å². The molecule has 0 fully saturated rings. The van der Waals surface area contributed by atoms with E-state index in [1.54, 1.807) is 11.8 Å². The molecule has 0 aliphatic carbocycles. The normalized spacial score (nSPS) is 13.2. The molecule has 1 aliphatic heterocycles. The molecule has 0 radical (unpaired) electrons. The lowest BCUT2D eigenvalue weighted by atomic mass is 10.1. The van der Waals surface area contributed by atoms with Crippen molar-refractivity contribution in [3.63, 3.8) is 0 Å². The fraction of sp³-hybridized carbons (Fsp3) is 0.333. The van der Waals surface area contributed by atoms with E-state index in [4.69, 9.17) is 0 Å². The molecule has 4 heteroatoms. The molecular formula is C12H12N2O2. The summed E-state index contributed by atoms with van der Waals surface area (Å²) < 4.78 is 0. The van der Waals surface area contributed by atoms with Crippen molar-refractivity contribution in [2.75, 3.05) is 11.4 Å². The van der Waals surface area contributed by atoms with E-state index < -0.39 is 0 Å². The van der Waals surface area contributed by atoms with Crippen LogP contribution in [0.3, 0.4) is 0 Å². The standard InChI is InChI=1S/C12H12N2O2/c1-9(16)14-6-5-11-10(7-13-8-15)3-2-4-12(11)14/h2-4H,5-7H2,1H3. The lowest BCUT2D eigenvalue weighted by Gasteiger charge is -2.14. The highest BCUT2D eigenvalue weighted by Gasteiger charge is 2.23. The molecule has 16 heavy (non-hydrogen) atoms. The van der Waals surface area contributed by atoms with E-state index in [9.17, 15) is 9.59 Å². The van der Waals surface area contributed by atoms with Crippen LogP contribution < -0.4 is 4.90 Å². The van der Waals surface area contributed by atoms with Crippen LogP contribution in [0.25, 0.3) is 0 Å². The second-order valence-corrected chi connectivity index (χ2v) is 3.74. The first-order valence-electron chi connectivity index (χ1n) is 5.16. The van der Waals surface area contributed by atoms with Crippen molar-refractivity contribution < 1.29 is 9.59 Å². The van der Waals surface area contributed by atoms with E-state index in [0.29, 0.717) is 13.1 Å². The number of anilines is 1. The third kappa shape index (κ3) is 1.75. The van der Waals surface area contributed by atoms with Crippen molar-refractivity contribution >= 4 is 17.7 Å². The summed E-state index contributed by atoms with van der Waals surface area (Å²) >= 11 is 0. The molecule has 0 atom stereocenters. The largest absolute Gasteiger partial charge is 0.312 e. The van der Waals surface area contributed by atoms with Gasteiger partial charge >= 0.3 is 0 Å². The maximum atomic E-state index is 11.4. The summed E-state index contributed by atoms with van der Waals surface area (Å²) in [6.45, 7) is 2.62. The van der Waals surface area contributed by atoms with Crippen molar-refractivity contribution in [2.45, 2.75) is 19.9 Å². The number of rotatable bonds is 2. The Morgan fingerprint density at radius 2 is 2.38 bits per heavy atom. The average Bonchev–Trinajstić information content (AvgIpc) is 2.70. The molecule has 0 unspecified atom stereocenters. The Morgan fingerprint density at radius 3 is 3.06 bits per heavy atom. The molecule has 0 saturated heterocycles. The minimum absolute atomic E-state index is 0.0507. The number of benzene rings is 1. The van der Waals surface area contributed by atoms with Crippen LogP contribution in [0.15, 0.2) is 23.2 Å². The fourth-order valence-electron chi connectivity index (χ4n) is 2.10. The molecule has 1 amide bonds. The molecule has 0 spiro atoms. The second-order valence-electron chi connectivity index (χ2n) is 3.74. The van der Waals surface area contributed by atoms with Gasteiger partial charge in [0.15, 0.2) is 0 Å². The zero-order valence-corrected chi connectivity index (χ0v) is 9.06. The molecule has 1 aliphatic rings. The molecular weight excluding hydrogens is 204 g/mol. The number of amides is 1. The van der Waals surface area contributed by atoms with E-state index in [-0.39, 0.29) is 5.91 Å². The van der Waals surface area contributed by atoms with Gasteiger partial charge in [0.25, 0.3) is 0 Å². The van der Waals surface area contributed by atoms with Crippen molar-refractivity contribution in [1.29, 1.82) is 0 Å². The fourth-order valence-corrected chi connectivity index (χ4v) is 2.10. The second kappa shape index (κ2) is 4.29. The van der Waals surface area contributed by atoms with Crippen LogP contribution in [0.2, 0.25) is 0 Å². The van der Waals surface area contributed by atoms with E-state index in [1.165, 1.54) is 6.08 Å². The third-order valence-corrected chi connectivity index (χ3v) is 2.82. The number of fused-ring (bicyclic) bond motifs is 1. The number of isocyanates is 1. The summed E-state index contributed by atoms with van der Waals surface area (Å²) in [5.41, 5.74) is 3.08. The van der Waals surface area contributed by atoms with Gasteiger partial charge in [0, 0.05) is 19.2 Å². The van der Waals surface area contributed by atoms with Gasteiger partial charge < -0.3 is 4.90 Å². The summed E-state index contributed by atoms with van der Waals surface area (Å²) in [5.74, 6) is 0.0507. The van der Waals surface area contributed by atoms with Crippen LogP contribution in [-0.2, 0) is 22.6 Å². The highest BCUT2D eigenvalue weighted by atomic mass is 16.2. The molecule has 0 bridgehead atoms. The van der Waals surface area contributed by atoms with E-state index in [1.807, 2.05) is 18.2 Å². The number of hydrogen-bond acceptors (Lipinski definition) is 3. The Balaban J connectivity index is 2.39. The van der Waals surface area contributed by atoms with Crippen LogP contribution in [0.4, 0.5) is 5.69 Å². The van der Waals surface area contributed by atoms with Crippen molar-refractivity contribution in [3.8, 4) is 0 Å². The number of aliphatic imine (C=N–C) groups is 1. The van der Waals surface area contributed by atoms with Gasteiger partial charge in [0.1, 0.15) is 0 Å². The molecule has 1 aromatic carbocycles. The average molecular weight is 216 g/mol. The first kappa shape index (κ1) is 10.6. The van der Waals surface area contributed by atoms with Gasteiger partial charge in [0.05, 0.1) is 6.54 Å². The summed E-state index contributed by atoms with van der Waals surface area (Å²) in [5, 5.41) is 0. The summed E-state index contributed by atoms with van der Waals surface area (Å²) in [4.78, 5) is 26.8. The molecule has 4 nitrogen and oxygen atoms in total. The van der Waals surface area contributed by atoms with Crippen LogP contribution in [0.5, 0.6) is 0 Å². The Morgan fingerprint density at radius 1 is 1.56 bits per heavy atom. The zero-order chi connectivity index (χ0) is 11.5. The van der Waals surface area contributed by atoms with Crippen LogP contribution >= 0.6 is 0 Å². The molecule has 0 aromatic heterocycles. The number of carbonyl (C=O) groups is 1. The molecule has 0 saturated carbocycles. The smallest absolute Gasteiger partial charge is 0.235 e. The molecule has 1 aromatic rings. The highest BCUT2D eigenvalue weighted by Crippen LogP contribution is 2.30. The van der Waals surface area contributed by atoms with E-state index in [2.05, 4.69) is 4.99 Å². The summed E-state index contributed by atoms with van der Waals surface area (Å²) in [6, 6.07) is 5.75. The lowest BCUT2D eigenvalue weighted by molar-refractivity contribution is -0.116. The molecule has 82 valence electrons. The Bertz CT molecular complexity index is 476. The molecule has 1 heterocycles. The SMILES string of the molecule is CC(=O)N1CCc2c(CN=C=O)cccc21. The Hall–Kier alpha value is -1.93. The third-order valence-electron chi connectivity index (χ3n) is 2.82. The van der Waals surface area contributed by atoms with Gasteiger partial charge in [-0.15, -0.1) is 0 Å². The summed E-state index contributed by atoms with van der Waals surface area (Å²) in [7, 11) is 0. The van der Waals surface area contributed by atoms with Gasteiger partial charge in [-0.25, -0.2) is 9.79 Å².